The Morgan fingerprint density at radius 3 is 2.44 bits per heavy atom. The summed E-state index contributed by atoms with van der Waals surface area (Å²) in [6.45, 7) is 4.08. The Kier molecular flexibility index (Phi) is 4.60. The lowest BCUT2D eigenvalue weighted by molar-refractivity contribution is -0.135. The molecule has 5 nitrogen and oxygen atoms in total. The molecule has 0 radical (unpaired) electrons. The summed E-state index contributed by atoms with van der Waals surface area (Å²) in [6, 6.07) is 14.7. The smallest absolute Gasteiger partial charge is 0.248 e. The minimum atomic E-state index is -0.404. The van der Waals surface area contributed by atoms with E-state index in [1.165, 1.54) is 5.56 Å². The van der Waals surface area contributed by atoms with Gasteiger partial charge in [0, 0.05) is 17.9 Å². The molecule has 0 saturated carbocycles. The molecular formula is C21H22N2O3S. The van der Waals surface area contributed by atoms with Crippen molar-refractivity contribution in [3.63, 3.8) is 0 Å². The lowest BCUT2D eigenvalue weighted by Gasteiger charge is -2.29. The van der Waals surface area contributed by atoms with Crippen molar-refractivity contribution < 1.29 is 14.3 Å². The van der Waals surface area contributed by atoms with Crippen molar-refractivity contribution in [1.82, 2.24) is 4.90 Å². The van der Waals surface area contributed by atoms with Crippen LogP contribution in [0.3, 0.4) is 0 Å². The Balaban J connectivity index is 1.40. The van der Waals surface area contributed by atoms with Gasteiger partial charge in [-0.3, -0.25) is 9.59 Å². The number of ether oxygens (including phenoxy) is 1. The molecule has 0 spiro atoms. The highest BCUT2D eigenvalue weighted by atomic mass is 32.2. The van der Waals surface area contributed by atoms with Crippen LogP contribution >= 0.6 is 11.8 Å². The molecule has 0 unspecified atom stereocenters. The number of hydrogen-bond acceptors (Lipinski definition) is 4. The van der Waals surface area contributed by atoms with Crippen LogP contribution in [0, 0.1) is 6.92 Å². The molecule has 2 fully saturated rings. The lowest BCUT2D eigenvalue weighted by Crippen LogP contribution is -2.48. The summed E-state index contributed by atoms with van der Waals surface area (Å²) in [5.41, 5.74) is 1.87. The molecule has 6 heteroatoms. The van der Waals surface area contributed by atoms with E-state index in [1.54, 1.807) is 16.7 Å². The van der Waals surface area contributed by atoms with Crippen molar-refractivity contribution >= 4 is 29.3 Å². The molecule has 2 atom stereocenters. The van der Waals surface area contributed by atoms with Crippen LogP contribution in [0.1, 0.15) is 25.3 Å². The van der Waals surface area contributed by atoms with E-state index in [-0.39, 0.29) is 16.7 Å². The Bertz CT molecular complexity index is 866. The monoisotopic (exact) mass is 382 g/mol. The fraction of sp³-hybridized carbons (Fsp3) is 0.333. The zero-order valence-corrected chi connectivity index (χ0v) is 16.2. The van der Waals surface area contributed by atoms with Crippen LogP contribution in [0.5, 0.6) is 11.5 Å². The second-order valence-electron chi connectivity index (χ2n) is 7.19. The molecule has 2 aliphatic heterocycles. The number of rotatable bonds is 4. The first-order valence-electron chi connectivity index (χ1n) is 9.06. The molecule has 2 heterocycles. The number of hydrogen-bond donors (Lipinski definition) is 1. The number of fused-ring (bicyclic) bond motifs is 1. The van der Waals surface area contributed by atoms with E-state index in [0.29, 0.717) is 23.6 Å². The minimum absolute atomic E-state index is 0.0736. The van der Waals surface area contributed by atoms with Gasteiger partial charge in [0.15, 0.2) is 0 Å². The van der Waals surface area contributed by atoms with Gasteiger partial charge in [-0.15, -0.1) is 11.8 Å². The SMILES string of the molecule is Cc1ccc(Oc2ccc(NC(=O)[C@@H]3CS[C@@]4(C)CCC(=O)N34)cc2)cc1. The van der Waals surface area contributed by atoms with Crippen LogP contribution in [0.4, 0.5) is 5.69 Å². The van der Waals surface area contributed by atoms with Gasteiger partial charge in [-0.25, -0.2) is 0 Å². The number of carbonyl (C=O) groups excluding carboxylic acids is 2. The van der Waals surface area contributed by atoms with Gasteiger partial charge < -0.3 is 15.0 Å². The minimum Gasteiger partial charge on any atom is -0.457 e. The largest absolute Gasteiger partial charge is 0.457 e. The zero-order valence-electron chi connectivity index (χ0n) is 15.4. The third-order valence-electron chi connectivity index (χ3n) is 5.13. The van der Waals surface area contributed by atoms with E-state index in [2.05, 4.69) is 5.32 Å². The topological polar surface area (TPSA) is 58.6 Å². The number of aryl methyl sites for hydroxylation is 1. The first-order valence-corrected chi connectivity index (χ1v) is 10.0. The zero-order chi connectivity index (χ0) is 19.0. The van der Waals surface area contributed by atoms with Gasteiger partial charge in [0.2, 0.25) is 11.8 Å². The standard InChI is InChI=1S/C21H22N2O3S/c1-14-3-7-16(8-4-14)26-17-9-5-15(6-10-17)22-20(25)18-13-27-21(2)12-11-19(24)23(18)21/h3-10,18H,11-13H2,1-2H3,(H,22,25)/t18-,21-/m0/s1. The molecular weight excluding hydrogens is 360 g/mol. The highest BCUT2D eigenvalue weighted by Gasteiger charge is 2.52. The molecule has 2 aliphatic rings. The Morgan fingerprint density at radius 2 is 1.78 bits per heavy atom. The summed E-state index contributed by atoms with van der Waals surface area (Å²) in [4.78, 5) is 26.4. The van der Waals surface area contributed by atoms with Gasteiger partial charge in [-0.2, -0.15) is 0 Å². The molecule has 4 rings (SSSR count). The summed E-state index contributed by atoms with van der Waals surface area (Å²) < 4.78 is 5.81. The predicted molar refractivity (Wildman–Crippen MR) is 107 cm³/mol. The molecule has 2 amide bonds. The Labute approximate surface area is 163 Å². The fourth-order valence-corrected chi connectivity index (χ4v) is 5.02. The van der Waals surface area contributed by atoms with Gasteiger partial charge >= 0.3 is 0 Å². The normalized spacial score (nSPS) is 24.0. The first-order chi connectivity index (χ1) is 12.9. The average molecular weight is 382 g/mol. The van der Waals surface area contributed by atoms with Crippen LogP contribution in [0.25, 0.3) is 0 Å². The summed E-state index contributed by atoms with van der Waals surface area (Å²) >= 11 is 1.69. The summed E-state index contributed by atoms with van der Waals surface area (Å²) in [5.74, 6) is 2.06. The lowest BCUT2D eigenvalue weighted by atomic mass is 10.2. The Morgan fingerprint density at radius 1 is 1.15 bits per heavy atom. The van der Waals surface area contributed by atoms with Crippen molar-refractivity contribution in [2.75, 3.05) is 11.1 Å². The number of amides is 2. The molecule has 0 bridgehead atoms. The highest BCUT2D eigenvalue weighted by Crippen LogP contribution is 2.47. The van der Waals surface area contributed by atoms with Gasteiger partial charge in [0.25, 0.3) is 0 Å². The quantitative estimate of drug-likeness (QED) is 0.862. The van der Waals surface area contributed by atoms with Crippen molar-refractivity contribution in [2.24, 2.45) is 0 Å². The first kappa shape index (κ1) is 17.9. The molecule has 27 heavy (non-hydrogen) atoms. The van der Waals surface area contributed by atoms with Crippen LogP contribution < -0.4 is 10.1 Å². The van der Waals surface area contributed by atoms with Gasteiger partial charge in [-0.05, 0) is 56.7 Å². The molecule has 0 aliphatic carbocycles. The average Bonchev–Trinajstić information content (AvgIpc) is 3.15. The summed E-state index contributed by atoms with van der Waals surface area (Å²) in [7, 11) is 0. The summed E-state index contributed by atoms with van der Waals surface area (Å²) in [5, 5.41) is 2.93. The predicted octanol–water partition coefficient (Wildman–Crippen LogP) is 4.18. The number of thioether (sulfide) groups is 1. The molecule has 2 aromatic carbocycles. The molecule has 2 aromatic rings. The second kappa shape index (κ2) is 6.93. The number of nitrogens with one attached hydrogen (secondary N) is 1. The van der Waals surface area contributed by atoms with Gasteiger partial charge in [0.05, 0.1) is 4.87 Å². The van der Waals surface area contributed by atoms with Crippen molar-refractivity contribution in [3.05, 3.63) is 54.1 Å². The van der Waals surface area contributed by atoms with Crippen LogP contribution in [-0.2, 0) is 9.59 Å². The highest BCUT2D eigenvalue weighted by molar-refractivity contribution is 8.01. The number of carbonyl (C=O) groups is 2. The van der Waals surface area contributed by atoms with Crippen molar-refractivity contribution in [1.29, 1.82) is 0 Å². The van der Waals surface area contributed by atoms with Gasteiger partial charge in [-0.1, -0.05) is 17.7 Å². The number of anilines is 1. The second-order valence-corrected chi connectivity index (χ2v) is 8.70. The van der Waals surface area contributed by atoms with E-state index >= 15 is 0 Å². The van der Waals surface area contributed by atoms with Crippen LogP contribution in [-0.4, -0.2) is 33.4 Å². The van der Waals surface area contributed by atoms with Crippen LogP contribution in [0.2, 0.25) is 0 Å². The molecule has 1 N–H and O–H groups in total. The maximum absolute atomic E-state index is 12.7. The fourth-order valence-electron chi connectivity index (χ4n) is 3.59. The summed E-state index contributed by atoms with van der Waals surface area (Å²) in [6.07, 6.45) is 1.34. The van der Waals surface area contributed by atoms with Crippen LogP contribution in [0.15, 0.2) is 48.5 Å². The molecule has 2 saturated heterocycles. The number of nitrogens with zero attached hydrogens (tertiary/aromatic N) is 1. The van der Waals surface area contributed by atoms with E-state index < -0.39 is 6.04 Å². The van der Waals surface area contributed by atoms with E-state index in [4.69, 9.17) is 4.74 Å². The van der Waals surface area contributed by atoms with E-state index in [9.17, 15) is 9.59 Å². The van der Waals surface area contributed by atoms with E-state index in [0.717, 1.165) is 12.2 Å². The maximum Gasteiger partial charge on any atom is 0.248 e. The third-order valence-corrected chi connectivity index (χ3v) is 6.63. The molecule has 140 valence electrons. The maximum atomic E-state index is 12.7. The van der Waals surface area contributed by atoms with E-state index in [1.807, 2.05) is 62.4 Å². The Hall–Kier alpha value is -2.47. The van der Waals surface area contributed by atoms with Crippen molar-refractivity contribution in [3.8, 4) is 11.5 Å². The molecule has 0 aromatic heterocycles. The number of benzene rings is 2. The van der Waals surface area contributed by atoms with Crippen molar-refractivity contribution in [2.45, 2.75) is 37.6 Å². The van der Waals surface area contributed by atoms with Gasteiger partial charge in [0.1, 0.15) is 17.5 Å². The third kappa shape index (κ3) is 3.54.